The molecule has 2 aromatic rings. The van der Waals surface area contributed by atoms with Crippen LogP contribution in [0.15, 0.2) is 42.5 Å². The Bertz CT molecular complexity index is 796. The lowest BCUT2D eigenvalue weighted by Gasteiger charge is -2.18. The van der Waals surface area contributed by atoms with Crippen LogP contribution in [0.4, 0.5) is 0 Å². The molecule has 0 aliphatic heterocycles. The summed E-state index contributed by atoms with van der Waals surface area (Å²) in [6, 6.07) is 13.8. The van der Waals surface area contributed by atoms with Gasteiger partial charge >= 0.3 is 5.97 Å². The van der Waals surface area contributed by atoms with E-state index < -0.39 is 5.97 Å². The molecule has 0 atom stereocenters. The maximum Gasteiger partial charge on any atom is 0.338 e. The minimum absolute atomic E-state index is 0.211. The number of hydrogen-bond donors (Lipinski definition) is 0. The third kappa shape index (κ3) is 4.51. The maximum atomic E-state index is 12.3. The summed E-state index contributed by atoms with van der Waals surface area (Å²) >= 11 is 0. The van der Waals surface area contributed by atoms with Crippen molar-refractivity contribution in [3.05, 3.63) is 70.3 Å². The van der Waals surface area contributed by atoms with E-state index >= 15 is 0 Å². The quantitative estimate of drug-likeness (QED) is 0.772. The van der Waals surface area contributed by atoms with Gasteiger partial charge in [0.25, 0.3) is 5.91 Å². The van der Waals surface area contributed by atoms with Gasteiger partial charge < -0.3 is 9.64 Å². The topological polar surface area (TPSA) is 46.6 Å². The molecule has 1 amide bonds. The van der Waals surface area contributed by atoms with Gasteiger partial charge in [-0.1, -0.05) is 35.9 Å². The van der Waals surface area contributed by atoms with Crippen LogP contribution in [-0.4, -0.2) is 30.4 Å². The first kappa shape index (κ1) is 18.2. The number of ether oxygens (including phenoxy) is 1. The zero-order valence-corrected chi connectivity index (χ0v) is 15.5. The third-order valence-electron chi connectivity index (χ3n) is 4.88. The van der Waals surface area contributed by atoms with Gasteiger partial charge in [-0.15, -0.1) is 0 Å². The van der Waals surface area contributed by atoms with Crippen molar-refractivity contribution in [1.82, 2.24) is 4.90 Å². The van der Waals surface area contributed by atoms with Crippen LogP contribution >= 0.6 is 0 Å². The highest BCUT2D eigenvalue weighted by Gasteiger charge is 2.16. The molecule has 136 valence electrons. The Labute approximate surface area is 154 Å². The summed E-state index contributed by atoms with van der Waals surface area (Å²) < 4.78 is 5.23. The van der Waals surface area contributed by atoms with Crippen molar-refractivity contribution in [2.75, 3.05) is 13.7 Å². The number of aryl methyl sites for hydroxylation is 3. The zero-order valence-electron chi connectivity index (χ0n) is 15.5. The number of hydrogen-bond acceptors (Lipinski definition) is 3. The number of amides is 1. The van der Waals surface area contributed by atoms with Gasteiger partial charge in [0.2, 0.25) is 0 Å². The second kappa shape index (κ2) is 8.17. The summed E-state index contributed by atoms with van der Waals surface area (Å²) in [5.41, 5.74) is 5.31. The van der Waals surface area contributed by atoms with Crippen molar-refractivity contribution >= 4 is 11.9 Å². The van der Waals surface area contributed by atoms with Crippen molar-refractivity contribution in [2.45, 2.75) is 39.2 Å². The van der Waals surface area contributed by atoms with Gasteiger partial charge in [0.1, 0.15) is 0 Å². The van der Waals surface area contributed by atoms with Gasteiger partial charge in [0.15, 0.2) is 6.61 Å². The molecule has 0 N–H and O–H groups in total. The van der Waals surface area contributed by atoms with Crippen LogP contribution in [0.1, 0.15) is 45.5 Å². The van der Waals surface area contributed by atoms with E-state index in [0.29, 0.717) is 12.1 Å². The Kier molecular flexibility index (Phi) is 5.71. The Morgan fingerprint density at radius 1 is 1.00 bits per heavy atom. The number of likely N-dealkylation sites (N-methyl/N-ethyl adjacent to an activating group) is 1. The summed E-state index contributed by atoms with van der Waals surface area (Å²) in [7, 11) is 1.72. The van der Waals surface area contributed by atoms with Gasteiger partial charge in [-0.3, -0.25) is 4.79 Å². The van der Waals surface area contributed by atoms with Crippen LogP contribution in [-0.2, 0) is 28.9 Å². The van der Waals surface area contributed by atoms with Crippen molar-refractivity contribution in [2.24, 2.45) is 0 Å². The summed E-state index contributed by atoms with van der Waals surface area (Å²) in [6.07, 6.45) is 4.45. The average Bonchev–Trinajstić information content (AvgIpc) is 2.67. The SMILES string of the molecule is Cc1ccc(CN(C)C(=O)COC(=O)c2ccc3c(c2)CCCC3)cc1. The third-order valence-corrected chi connectivity index (χ3v) is 4.88. The molecule has 26 heavy (non-hydrogen) atoms. The van der Waals surface area contributed by atoms with Crippen LogP contribution < -0.4 is 0 Å². The minimum Gasteiger partial charge on any atom is -0.452 e. The number of benzene rings is 2. The molecule has 0 saturated heterocycles. The molecule has 0 unspecified atom stereocenters. The molecule has 0 radical (unpaired) electrons. The molecule has 0 aromatic heterocycles. The van der Waals surface area contributed by atoms with E-state index in [1.807, 2.05) is 43.3 Å². The number of fused-ring (bicyclic) bond motifs is 1. The number of carbonyl (C=O) groups is 2. The van der Waals surface area contributed by atoms with Gasteiger partial charge in [-0.25, -0.2) is 4.79 Å². The monoisotopic (exact) mass is 351 g/mol. The molecule has 0 heterocycles. The molecular formula is C22H25NO3. The van der Waals surface area contributed by atoms with E-state index in [-0.39, 0.29) is 12.5 Å². The molecule has 4 heteroatoms. The second-order valence-corrected chi connectivity index (χ2v) is 7.00. The van der Waals surface area contributed by atoms with Crippen molar-refractivity contribution in [1.29, 1.82) is 0 Å². The fourth-order valence-electron chi connectivity index (χ4n) is 3.24. The fourth-order valence-corrected chi connectivity index (χ4v) is 3.24. The average molecular weight is 351 g/mol. The minimum atomic E-state index is -0.435. The molecular weight excluding hydrogens is 326 g/mol. The smallest absolute Gasteiger partial charge is 0.338 e. The standard InChI is InChI=1S/C22H25NO3/c1-16-7-9-17(10-8-16)14-23(2)21(24)15-26-22(25)20-12-11-18-5-3-4-6-19(18)13-20/h7-13H,3-6,14-15H2,1-2H3. The van der Waals surface area contributed by atoms with Crippen LogP contribution in [0.2, 0.25) is 0 Å². The molecule has 0 saturated carbocycles. The van der Waals surface area contributed by atoms with Crippen LogP contribution in [0, 0.1) is 6.92 Å². The van der Waals surface area contributed by atoms with Gasteiger partial charge in [-0.2, -0.15) is 0 Å². The predicted molar refractivity (Wildman–Crippen MR) is 101 cm³/mol. The van der Waals surface area contributed by atoms with Crippen LogP contribution in [0.3, 0.4) is 0 Å². The summed E-state index contributed by atoms with van der Waals surface area (Å²) in [6.45, 7) is 2.28. The molecule has 0 spiro atoms. The highest BCUT2D eigenvalue weighted by atomic mass is 16.5. The lowest BCUT2D eigenvalue weighted by molar-refractivity contribution is -0.133. The molecule has 0 fully saturated rings. The van der Waals surface area contributed by atoms with Crippen LogP contribution in [0.25, 0.3) is 0 Å². The Morgan fingerprint density at radius 2 is 1.69 bits per heavy atom. The van der Waals surface area contributed by atoms with Crippen molar-refractivity contribution in [3.8, 4) is 0 Å². The lowest BCUT2D eigenvalue weighted by Crippen LogP contribution is -2.30. The Morgan fingerprint density at radius 3 is 2.42 bits per heavy atom. The normalized spacial score (nSPS) is 13.0. The lowest BCUT2D eigenvalue weighted by atomic mass is 9.90. The highest BCUT2D eigenvalue weighted by Crippen LogP contribution is 2.22. The first-order valence-electron chi connectivity index (χ1n) is 9.11. The second-order valence-electron chi connectivity index (χ2n) is 7.00. The molecule has 0 bridgehead atoms. The Hall–Kier alpha value is -2.62. The number of rotatable bonds is 5. The molecule has 3 rings (SSSR count). The first-order valence-corrected chi connectivity index (χ1v) is 9.11. The largest absolute Gasteiger partial charge is 0.452 e. The van der Waals surface area contributed by atoms with E-state index in [9.17, 15) is 9.59 Å². The van der Waals surface area contributed by atoms with Gasteiger partial charge in [0.05, 0.1) is 5.56 Å². The molecule has 1 aliphatic rings. The number of nitrogens with zero attached hydrogens (tertiary/aromatic N) is 1. The molecule has 1 aliphatic carbocycles. The highest BCUT2D eigenvalue weighted by molar-refractivity contribution is 5.91. The van der Waals surface area contributed by atoms with Crippen molar-refractivity contribution < 1.29 is 14.3 Å². The van der Waals surface area contributed by atoms with E-state index in [2.05, 4.69) is 0 Å². The zero-order chi connectivity index (χ0) is 18.5. The number of carbonyl (C=O) groups excluding carboxylic acids is 2. The number of esters is 1. The van der Waals surface area contributed by atoms with Crippen LogP contribution in [0.5, 0.6) is 0 Å². The van der Waals surface area contributed by atoms with E-state index in [1.54, 1.807) is 18.0 Å². The van der Waals surface area contributed by atoms with Crippen molar-refractivity contribution in [3.63, 3.8) is 0 Å². The van der Waals surface area contributed by atoms with E-state index in [4.69, 9.17) is 4.74 Å². The first-order chi connectivity index (χ1) is 12.5. The van der Waals surface area contributed by atoms with E-state index in [0.717, 1.165) is 24.8 Å². The predicted octanol–water partition coefficient (Wildman–Crippen LogP) is 3.69. The molecule has 4 nitrogen and oxygen atoms in total. The summed E-state index contributed by atoms with van der Waals surface area (Å²) in [5, 5.41) is 0. The van der Waals surface area contributed by atoms with Gasteiger partial charge in [0, 0.05) is 13.6 Å². The Balaban J connectivity index is 1.53. The van der Waals surface area contributed by atoms with Gasteiger partial charge in [-0.05, 0) is 61.4 Å². The fraction of sp³-hybridized carbons (Fsp3) is 0.364. The van der Waals surface area contributed by atoms with E-state index in [1.165, 1.54) is 23.1 Å². The maximum absolute atomic E-state index is 12.3. The summed E-state index contributed by atoms with van der Waals surface area (Å²) in [5.74, 6) is -0.646. The summed E-state index contributed by atoms with van der Waals surface area (Å²) in [4.78, 5) is 26.1. The molecule has 2 aromatic carbocycles.